The van der Waals surface area contributed by atoms with Gasteiger partial charge in [0.05, 0.1) is 0 Å². The molecule has 0 saturated heterocycles. The Bertz CT molecular complexity index is 650. The topological polar surface area (TPSA) is 55.4 Å². The molecule has 0 heterocycles. The Kier molecular flexibility index (Phi) is 4.15. The van der Waals surface area contributed by atoms with Crippen molar-refractivity contribution in [3.63, 3.8) is 0 Å². The molecule has 0 aliphatic rings. The zero-order chi connectivity index (χ0) is 14.5. The van der Waals surface area contributed by atoms with Gasteiger partial charge in [-0.3, -0.25) is 9.59 Å². The van der Waals surface area contributed by atoms with Gasteiger partial charge in [0.2, 0.25) is 0 Å². The lowest BCUT2D eigenvalue weighted by Crippen LogP contribution is -2.13. The zero-order valence-corrected chi connectivity index (χ0v) is 11.3. The van der Waals surface area contributed by atoms with Crippen molar-refractivity contribution in [2.45, 2.75) is 13.8 Å². The molecule has 0 radical (unpaired) electrons. The summed E-state index contributed by atoms with van der Waals surface area (Å²) in [4.78, 5) is 23.1. The molecule has 2 rings (SSSR count). The van der Waals surface area contributed by atoms with Crippen LogP contribution in [0.3, 0.4) is 0 Å². The fourth-order valence-electron chi connectivity index (χ4n) is 1.83. The van der Waals surface area contributed by atoms with Crippen molar-refractivity contribution >= 4 is 17.6 Å². The third kappa shape index (κ3) is 3.45. The maximum Gasteiger partial charge on any atom is 0.308 e. The first-order valence-corrected chi connectivity index (χ1v) is 6.22. The molecule has 102 valence electrons. The molecule has 0 saturated carbocycles. The molecule has 0 aliphatic carbocycles. The standard InChI is InChI=1S/C16H15NO3/c1-11-6-3-4-9-15(11)16(19)17-13-7-5-8-14(10-13)20-12(2)18/h3-10H,1-2H3,(H,17,19). The molecule has 1 N–H and O–H groups in total. The smallest absolute Gasteiger partial charge is 0.308 e. The number of anilines is 1. The number of amides is 1. The number of carbonyl (C=O) groups is 2. The molecule has 2 aromatic carbocycles. The lowest BCUT2D eigenvalue weighted by Gasteiger charge is -2.08. The molecule has 1 amide bonds. The summed E-state index contributed by atoms with van der Waals surface area (Å²) in [5, 5.41) is 2.78. The molecule has 0 unspecified atom stereocenters. The van der Waals surface area contributed by atoms with E-state index in [4.69, 9.17) is 4.74 Å². The average molecular weight is 269 g/mol. The number of benzene rings is 2. The van der Waals surface area contributed by atoms with Gasteiger partial charge < -0.3 is 10.1 Å². The fourth-order valence-corrected chi connectivity index (χ4v) is 1.83. The van der Waals surface area contributed by atoms with Crippen LogP contribution >= 0.6 is 0 Å². The Morgan fingerprint density at radius 2 is 1.80 bits per heavy atom. The highest BCUT2D eigenvalue weighted by Gasteiger charge is 2.09. The van der Waals surface area contributed by atoms with Gasteiger partial charge in [0.15, 0.2) is 0 Å². The minimum absolute atomic E-state index is 0.192. The van der Waals surface area contributed by atoms with E-state index in [1.807, 2.05) is 25.1 Å². The summed E-state index contributed by atoms with van der Waals surface area (Å²) >= 11 is 0. The van der Waals surface area contributed by atoms with Gasteiger partial charge >= 0.3 is 5.97 Å². The Morgan fingerprint density at radius 3 is 2.50 bits per heavy atom. The average Bonchev–Trinajstić information content (AvgIpc) is 2.38. The second-order valence-corrected chi connectivity index (χ2v) is 4.39. The molecule has 2 aromatic rings. The van der Waals surface area contributed by atoms with Crippen molar-refractivity contribution in [3.8, 4) is 5.75 Å². The predicted molar refractivity (Wildman–Crippen MR) is 76.9 cm³/mol. The second kappa shape index (κ2) is 6.02. The van der Waals surface area contributed by atoms with E-state index in [9.17, 15) is 9.59 Å². The van der Waals surface area contributed by atoms with Crippen molar-refractivity contribution in [1.82, 2.24) is 0 Å². The maximum absolute atomic E-state index is 12.1. The van der Waals surface area contributed by atoms with Crippen LogP contribution in [0.1, 0.15) is 22.8 Å². The van der Waals surface area contributed by atoms with E-state index in [-0.39, 0.29) is 5.91 Å². The van der Waals surface area contributed by atoms with Crippen LogP contribution in [0, 0.1) is 6.92 Å². The number of hydrogen-bond donors (Lipinski definition) is 1. The summed E-state index contributed by atoms with van der Waals surface area (Å²) in [6.07, 6.45) is 0. The summed E-state index contributed by atoms with van der Waals surface area (Å²) in [5.74, 6) is -0.185. The zero-order valence-electron chi connectivity index (χ0n) is 11.3. The number of esters is 1. The van der Waals surface area contributed by atoms with Crippen LogP contribution in [-0.4, -0.2) is 11.9 Å². The van der Waals surface area contributed by atoms with E-state index in [0.717, 1.165) is 5.56 Å². The summed E-state index contributed by atoms with van der Waals surface area (Å²) in [6.45, 7) is 3.21. The number of hydrogen-bond acceptors (Lipinski definition) is 3. The van der Waals surface area contributed by atoms with E-state index in [1.54, 1.807) is 30.3 Å². The van der Waals surface area contributed by atoms with Gasteiger partial charge in [0, 0.05) is 24.2 Å². The van der Waals surface area contributed by atoms with Gasteiger partial charge in [-0.1, -0.05) is 24.3 Å². The second-order valence-electron chi connectivity index (χ2n) is 4.39. The Balaban J connectivity index is 2.16. The third-order valence-electron chi connectivity index (χ3n) is 2.74. The third-order valence-corrected chi connectivity index (χ3v) is 2.74. The highest BCUT2D eigenvalue weighted by Crippen LogP contribution is 2.19. The molecule has 0 aromatic heterocycles. The number of rotatable bonds is 3. The minimum Gasteiger partial charge on any atom is -0.427 e. The highest BCUT2D eigenvalue weighted by molar-refractivity contribution is 6.05. The van der Waals surface area contributed by atoms with Crippen LogP contribution in [0.5, 0.6) is 5.75 Å². The Labute approximate surface area is 117 Å². The molecule has 0 atom stereocenters. The lowest BCUT2D eigenvalue weighted by atomic mass is 10.1. The van der Waals surface area contributed by atoms with Crippen LogP contribution in [0.15, 0.2) is 48.5 Å². The molecule has 4 nitrogen and oxygen atoms in total. The van der Waals surface area contributed by atoms with E-state index >= 15 is 0 Å². The minimum atomic E-state index is -0.396. The monoisotopic (exact) mass is 269 g/mol. The first-order chi connectivity index (χ1) is 9.56. The summed E-state index contributed by atoms with van der Waals surface area (Å²) in [7, 11) is 0. The van der Waals surface area contributed by atoms with Crippen molar-refractivity contribution in [2.24, 2.45) is 0 Å². The van der Waals surface area contributed by atoms with Gasteiger partial charge in [-0.2, -0.15) is 0 Å². The largest absolute Gasteiger partial charge is 0.427 e. The normalized spacial score (nSPS) is 9.90. The number of aryl methyl sites for hydroxylation is 1. The highest BCUT2D eigenvalue weighted by atomic mass is 16.5. The Morgan fingerprint density at radius 1 is 1.05 bits per heavy atom. The van der Waals surface area contributed by atoms with Gasteiger partial charge in [0.1, 0.15) is 5.75 Å². The summed E-state index contributed by atoms with van der Waals surface area (Å²) in [5.41, 5.74) is 2.10. The Hall–Kier alpha value is -2.62. The van der Waals surface area contributed by atoms with Crippen molar-refractivity contribution in [3.05, 3.63) is 59.7 Å². The predicted octanol–water partition coefficient (Wildman–Crippen LogP) is 3.17. The van der Waals surface area contributed by atoms with Gasteiger partial charge in [0.25, 0.3) is 5.91 Å². The van der Waals surface area contributed by atoms with Crippen molar-refractivity contribution < 1.29 is 14.3 Å². The van der Waals surface area contributed by atoms with Crippen molar-refractivity contribution in [1.29, 1.82) is 0 Å². The first kappa shape index (κ1) is 13.8. The van der Waals surface area contributed by atoms with Gasteiger partial charge in [-0.15, -0.1) is 0 Å². The quantitative estimate of drug-likeness (QED) is 0.687. The lowest BCUT2D eigenvalue weighted by molar-refractivity contribution is -0.131. The van der Waals surface area contributed by atoms with Crippen LogP contribution in [0.25, 0.3) is 0 Å². The van der Waals surface area contributed by atoms with E-state index in [0.29, 0.717) is 17.0 Å². The van der Waals surface area contributed by atoms with Crippen molar-refractivity contribution in [2.75, 3.05) is 5.32 Å². The molecule has 20 heavy (non-hydrogen) atoms. The molecule has 4 heteroatoms. The van der Waals surface area contributed by atoms with Crippen LogP contribution in [0.2, 0.25) is 0 Å². The number of nitrogens with one attached hydrogen (secondary N) is 1. The summed E-state index contributed by atoms with van der Waals surface area (Å²) in [6, 6.07) is 14.1. The first-order valence-electron chi connectivity index (χ1n) is 6.22. The molecule has 0 spiro atoms. The fraction of sp³-hybridized carbons (Fsp3) is 0.125. The van der Waals surface area contributed by atoms with E-state index < -0.39 is 5.97 Å². The van der Waals surface area contributed by atoms with Crippen LogP contribution in [-0.2, 0) is 4.79 Å². The van der Waals surface area contributed by atoms with Gasteiger partial charge in [-0.25, -0.2) is 0 Å². The van der Waals surface area contributed by atoms with Crippen LogP contribution in [0.4, 0.5) is 5.69 Å². The van der Waals surface area contributed by atoms with Crippen LogP contribution < -0.4 is 10.1 Å². The molecular weight excluding hydrogens is 254 g/mol. The molecule has 0 aliphatic heterocycles. The van der Waals surface area contributed by atoms with E-state index in [2.05, 4.69) is 5.32 Å². The molecular formula is C16H15NO3. The molecule has 0 fully saturated rings. The van der Waals surface area contributed by atoms with Gasteiger partial charge in [-0.05, 0) is 30.7 Å². The van der Waals surface area contributed by atoms with E-state index in [1.165, 1.54) is 6.92 Å². The molecule has 0 bridgehead atoms. The number of ether oxygens (including phenoxy) is 1. The summed E-state index contributed by atoms with van der Waals surface area (Å²) < 4.78 is 4.98. The SMILES string of the molecule is CC(=O)Oc1cccc(NC(=O)c2ccccc2C)c1. The number of carbonyl (C=O) groups excluding carboxylic acids is 2. The maximum atomic E-state index is 12.1.